The van der Waals surface area contributed by atoms with Crippen molar-refractivity contribution >= 4 is 15.9 Å². The summed E-state index contributed by atoms with van der Waals surface area (Å²) in [5.41, 5.74) is 1.26. The number of aromatic nitrogens is 3. The number of hydrogen-bond acceptors (Lipinski definition) is 4. The van der Waals surface area contributed by atoms with Crippen LogP contribution in [0, 0.1) is 0 Å². The Balaban J connectivity index is 1.71. The molecule has 0 unspecified atom stereocenters. The third-order valence-electron chi connectivity index (χ3n) is 3.34. The number of halogens is 1. The molecule has 0 amide bonds. The Labute approximate surface area is 120 Å². The van der Waals surface area contributed by atoms with E-state index in [9.17, 15) is 0 Å². The minimum atomic E-state index is 0.851. The fourth-order valence-electron chi connectivity index (χ4n) is 2.32. The highest BCUT2D eigenvalue weighted by molar-refractivity contribution is 9.10. The highest BCUT2D eigenvalue weighted by Crippen LogP contribution is 2.26. The fraction of sp³-hybridized carbons (Fsp3) is 0.385. The molecule has 2 aromatic rings. The van der Waals surface area contributed by atoms with E-state index < -0.39 is 0 Å². The minimum absolute atomic E-state index is 0.851. The molecule has 100 valence electrons. The van der Waals surface area contributed by atoms with Crippen molar-refractivity contribution in [3.8, 4) is 5.75 Å². The quantitative estimate of drug-likeness (QED) is 0.867. The van der Waals surface area contributed by atoms with Crippen molar-refractivity contribution in [3.63, 3.8) is 0 Å². The lowest BCUT2D eigenvalue weighted by molar-refractivity contribution is 0.208. The second-order valence-corrected chi connectivity index (χ2v) is 5.47. The van der Waals surface area contributed by atoms with Gasteiger partial charge in [0.25, 0.3) is 0 Å². The maximum atomic E-state index is 5.24. The molecule has 1 aromatic carbocycles. The molecule has 0 fully saturated rings. The first kappa shape index (κ1) is 12.6. The largest absolute Gasteiger partial charge is 0.496 e. The van der Waals surface area contributed by atoms with Gasteiger partial charge < -0.3 is 9.30 Å². The monoisotopic (exact) mass is 322 g/mol. The highest BCUT2D eigenvalue weighted by atomic mass is 79.9. The van der Waals surface area contributed by atoms with E-state index in [2.05, 4.69) is 47.7 Å². The zero-order valence-corrected chi connectivity index (χ0v) is 12.3. The van der Waals surface area contributed by atoms with Crippen LogP contribution in [0.4, 0.5) is 0 Å². The first-order valence-corrected chi connectivity index (χ1v) is 6.97. The molecule has 1 aromatic heterocycles. The van der Waals surface area contributed by atoms with E-state index in [0.717, 1.165) is 42.2 Å². The van der Waals surface area contributed by atoms with Gasteiger partial charge in [0.05, 0.1) is 18.1 Å². The van der Waals surface area contributed by atoms with Crippen LogP contribution in [0.15, 0.2) is 29.0 Å². The molecule has 0 bridgehead atoms. The van der Waals surface area contributed by atoms with E-state index in [1.807, 2.05) is 6.07 Å². The van der Waals surface area contributed by atoms with Crippen molar-refractivity contribution in [3.05, 3.63) is 40.4 Å². The summed E-state index contributed by atoms with van der Waals surface area (Å²) in [5.74, 6) is 1.90. The molecule has 3 rings (SSSR count). The van der Waals surface area contributed by atoms with E-state index in [-0.39, 0.29) is 0 Å². The average Bonchev–Trinajstić information content (AvgIpc) is 2.86. The van der Waals surface area contributed by atoms with Crippen LogP contribution in [0.3, 0.4) is 0 Å². The number of benzene rings is 1. The molecule has 1 aliphatic heterocycles. The summed E-state index contributed by atoms with van der Waals surface area (Å²) < 4.78 is 8.35. The van der Waals surface area contributed by atoms with Crippen molar-refractivity contribution < 1.29 is 4.74 Å². The zero-order valence-electron chi connectivity index (χ0n) is 10.7. The second-order valence-electron chi connectivity index (χ2n) is 4.62. The molecule has 19 heavy (non-hydrogen) atoms. The number of hydrogen-bond donors (Lipinski definition) is 0. The molecular formula is C13H15BrN4O. The van der Waals surface area contributed by atoms with Crippen LogP contribution in [0.25, 0.3) is 0 Å². The number of fused-ring (bicyclic) bond motifs is 1. The van der Waals surface area contributed by atoms with E-state index in [1.165, 1.54) is 5.56 Å². The average molecular weight is 323 g/mol. The topological polar surface area (TPSA) is 43.2 Å². The summed E-state index contributed by atoms with van der Waals surface area (Å²) in [6.07, 6.45) is 1.80. The summed E-state index contributed by atoms with van der Waals surface area (Å²) in [4.78, 5) is 2.37. The lowest BCUT2D eigenvalue weighted by atomic mass is 10.2. The van der Waals surface area contributed by atoms with Crippen molar-refractivity contribution in [1.29, 1.82) is 0 Å². The van der Waals surface area contributed by atoms with E-state index in [4.69, 9.17) is 4.74 Å². The number of ether oxygens (including phenoxy) is 1. The van der Waals surface area contributed by atoms with Crippen LogP contribution in [0.2, 0.25) is 0 Å². The van der Waals surface area contributed by atoms with Gasteiger partial charge in [-0.3, -0.25) is 4.90 Å². The van der Waals surface area contributed by atoms with Gasteiger partial charge in [0.1, 0.15) is 17.9 Å². The van der Waals surface area contributed by atoms with Gasteiger partial charge in [-0.25, -0.2) is 0 Å². The zero-order chi connectivity index (χ0) is 13.2. The molecule has 0 N–H and O–H groups in total. The number of methoxy groups -OCH3 is 1. The van der Waals surface area contributed by atoms with E-state index in [1.54, 1.807) is 13.4 Å². The molecule has 0 saturated carbocycles. The van der Waals surface area contributed by atoms with Gasteiger partial charge >= 0.3 is 0 Å². The lowest BCUT2D eigenvalue weighted by Crippen LogP contribution is -2.33. The van der Waals surface area contributed by atoms with Crippen molar-refractivity contribution in [2.24, 2.45) is 0 Å². The Morgan fingerprint density at radius 3 is 3.05 bits per heavy atom. The van der Waals surface area contributed by atoms with Gasteiger partial charge in [0.15, 0.2) is 0 Å². The number of nitrogens with zero attached hydrogens (tertiary/aromatic N) is 4. The van der Waals surface area contributed by atoms with Crippen molar-refractivity contribution in [2.75, 3.05) is 13.7 Å². The number of rotatable bonds is 3. The Bertz CT molecular complexity index is 584. The van der Waals surface area contributed by atoms with Crippen LogP contribution in [-0.2, 0) is 19.6 Å². The Morgan fingerprint density at radius 1 is 1.37 bits per heavy atom. The maximum absolute atomic E-state index is 5.24. The van der Waals surface area contributed by atoms with Gasteiger partial charge in [-0.1, -0.05) is 6.07 Å². The molecule has 6 heteroatoms. The van der Waals surface area contributed by atoms with Crippen LogP contribution >= 0.6 is 15.9 Å². The molecule has 0 atom stereocenters. The fourth-order valence-corrected chi connectivity index (χ4v) is 2.91. The van der Waals surface area contributed by atoms with Crippen molar-refractivity contribution in [2.45, 2.75) is 19.6 Å². The standard InChI is InChI=1S/C13H15BrN4O/c1-19-12-3-2-10(6-11(12)14)7-17-4-5-18-9-15-16-13(18)8-17/h2-3,6,9H,4-5,7-8H2,1H3. The maximum Gasteiger partial charge on any atom is 0.147 e. The Hall–Kier alpha value is -1.40. The molecule has 1 aliphatic rings. The van der Waals surface area contributed by atoms with Crippen LogP contribution in [-0.4, -0.2) is 33.3 Å². The molecule has 0 radical (unpaired) electrons. The molecule has 0 spiro atoms. The molecule has 0 aliphatic carbocycles. The van der Waals surface area contributed by atoms with Crippen LogP contribution in [0.1, 0.15) is 11.4 Å². The third kappa shape index (κ3) is 2.64. The van der Waals surface area contributed by atoms with Crippen molar-refractivity contribution in [1.82, 2.24) is 19.7 Å². The first-order valence-electron chi connectivity index (χ1n) is 6.18. The summed E-state index contributed by atoms with van der Waals surface area (Å²) in [7, 11) is 1.68. The molecule has 0 saturated heterocycles. The Kier molecular flexibility index (Phi) is 3.52. The van der Waals surface area contributed by atoms with Gasteiger partial charge in [0.2, 0.25) is 0 Å². The highest BCUT2D eigenvalue weighted by Gasteiger charge is 2.17. The molecule has 5 nitrogen and oxygen atoms in total. The molecule has 2 heterocycles. The smallest absolute Gasteiger partial charge is 0.147 e. The first-order chi connectivity index (χ1) is 9.26. The SMILES string of the molecule is COc1ccc(CN2CCn3cnnc3C2)cc1Br. The predicted molar refractivity (Wildman–Crippen MR) is 74.8 cm³/mol. The minimum Gasteiger partial charge on any atom is -0.496 e. The van der Waals surface area contributed by atoms with Gasteiger partial charge in [-0.2, -0.15) is 0 Å². The summed E-state index contributed by atoms with van der Waals surface area (Å²) in [6, 6.07) is 6.20. The van der Waals surface area contributed by atoms with E-state index >= 15 is 0 Å². The summed E-state index contributed by atoms with van der Waals surface area (Å²) in [6.45, 7) is 3.74. The summed E-state index contributed by atoms with van der Waals surface area (Å²) >= 11 is 3.52. The summed E-state index contributed by atoms with van der Waals surface area (Å²) in [5, 5.41) is 8.08. The van der Waals surface area contributed by atoms with Gasteiger partial charge in [-0.15, -0.1) is 10.2 Å². The van der Waals surface area contributed by atoms with Gasteiger partial charge in [0, 0.05) is 19.6 Å². The second kappa shape index (κ2) is 5.30. The molecular weight excluding hydrogens is 308 g/mol. The third-order valence-corrected chi connectivity index (χ3v) is 3.96. The Morgan fingerprint density at radius 2 is 2.26 bits per heavy atom. The van der Waals surface area contributed by atoms with Crippen LogP contribution < -0.4 is 4.74 Å². The van der Waals surface area contributed by atoms with E-state index in [0.29, 0.717) is 0 Å². The van der Waals surface area contributed by atoms with Gasteiger partial charge in [-0.05, 0) is 33.6 Å². The lowest BCUT2D eigenvalue weighted by Gasteiger charge is -2.27. The predicted octanol–water partition coefficient (Wildman–Crippen LogP) is 2.06. The normalized spacial score (nSPS) is 15.3. The van der Waals surface area contributed by atoms with Crippen LogP contribution in [0.5, 0.6) is 5.75 Å².